The molecule has 70 valence electrons. The first-order chi connectivity index (χ1) is 6.27. The first kappa shape index (κ1) is 8.73. The van der Waals surface area contributed by atoms with Gasteiger partial charge < -0.3 is 11.1 Å². The Morgan fingerprint density at radius 2 is 2.08 bits per heavy atom. The van der Waals surface area contributed by atoms with Crippen LogP contribution in [0.5, 0.6) is 0 Å². The van der Waals surface area contributed by atoms with Crippen LogP contribution in [0, 0.1) is 0 Å². The molecule has 2 nitrogen and oxygen atoms in total. The minimum atomic E-state index is 0.230. The fourth-order valence-corrected chi connectivity index (χ4v) is 1.85. The highest BCUT2D eigenvalue weighted by Crippen LogP contribution is 2.16. The average Bonchev–Trinajstić information content (AvgIpc) is 2.17. The van der Waals surface area contributed by atoms with Crippen LogP contribution in [0.3, 0.4) is 0 Å². The number of rotatable bonds is 1. The zero-order chi connectivity index (χ0) is 9.26. The Morgan fingerprint density at radius 3 is 2.77 bits per heavy atom. The predicted molar refractivity (Wildman–Crippen MR) is 54.4 cm³/mol. The molecule has 0 bridgehead atoms. The van der Waals surface area contributed by atoms with Crippen LogP contribution < -0.4 is 11.1 Å². The summed E-state index contributed by atoms with van der Waals surface area (Å²) in [7, 11) is 0. The van der Waals surface area contributed by atoms with Crippen molar-refractivity contribution < 1.29 is 0 Å². The van der Waals surface area contributed by atoms with Crippen LogP contribution in [0.4, 0.5) is 0 Å². The summed E-state index contributed by atoms with van der Waals surface area (Å²) < 4.78 is 0. The van der Waals surface area contributed by atoms with Crippen molar-refractivity contribution in [1.82, 2.24) is 5.32 Å². The maximum Gasteiger partial charge on any atom is 0.0259 e. The van der Waals surface area contributed by atoms with E-state index in [1.165, 1.54) is 11.1 Å². The minimum Gasteiger partial charge on any atom is -0.327 e. The lowest BCUT2D eigenvalue weighted by molar-refractivity contribution is 0.422. The molecule has 13 heavy (non-hydrogen) atoms. The summed E-state index contributed by atoms with van der Waals surface area (Å²) in [5, 5.41) is 3.45. The smallest absolute Gasteiger partial charge is 0.0259 e. The van der Waals surface area contributed by atoms with Crippen LogP contribution in [-0.4, -0.2) is 12.1 Å². The summed E-state index contributed by atoms with van der Waals surface area (Å²) in [5.41, 5.74) is 8.73. The third-order valence-corrected chi connectivity index (χ3v) is 2.75. The van der Waals surface area contributed by atoms with Gasteiger partial charge in [0.15, 0.2) is 0 Å². The van der Waals surface area contributed by atoms with Crippen LogP contribution in [-0.2, 0) is 13.0 Å². The Bertz CT molecular complexity index is 294. The molecule has 0 fully saturated rings. The quantitative estimate of drug-likeness (QED) is 0.671. The standard InChI is InChI=1S/C11H16N2/c1-8(12)11-6-9-4-2-3-5-10(9)7-13-11/h2-5,8,11,13H,6-7,12H2,1H3. The molecule has 2 atom stereocenters. The van der Waals surface area contributed by atoms with Gasteiger partial charge in [0.2, 0.25) is 0 Å². The van der Waals surface area contributed by atoms with E-state index in [1.807, 2.05) is 0 Å². The van der Waals surface area contributed by atoms with Gasteiger partial charge in [-0.25, -0.2) is 0 Å². The van der Waals surface area contributed by atoms with E-state index in [4.69, 9.17) is 5.73 Å². The summed E-state index contributed by atoms with van der Waals surface area (Å²) in [5.74, 6) is 0. The van der Waals surface area contributed by atoms with E-state index in [2.05, 4.69) is 36.5 Å². The van der Waals surface area contributed by atoms with Gasteiger partial charge in [-0.05, 0) is 24.5 Å². The van der Waals surface area contributed by atoms with E-state index in [9.17, 15) is 0 Å². The van der Waals surface area contributed by atoms with Crippen molar-refractivity contribution in [2.24, 2.45) is 5.73 Å². The summed E-state index contributed by atoms with van der Waals surface area (Å²) in [4.78, 5) is 0. The van der Waals surface area contributed by atoms with Crippen LogP contribution in [0.15, 0.2) is 24.3 Å². The van der Waals surface area contributed by atoms with E-state index in [0.717, 1.165) is 13.0 Å². The molecule has 2 rings (SSSR count). The fourth-order valence-electron chi connectivity index (χ4n) is 1.85. The van der Waals surface area contributed by atoms with Gasteiger partial charge >= 0.3 is 0 Å². The fraction of sp³-hybridized carbons (Fsp3) is 0.455. The molecular weight excluding hydrogens is 160 g/mol. The van der Waals surface area contributed by atoms with E-state index in [0.29, 0.717) is 6.04 Å². The van der Waals surface area contributed by atoms with Gasteiger partial charge in [-0.2, -0.15) is 0 Å². The average molecular weight is 176 g/mol. The SMILES string of the molecule is CC(N)C1Cc2ccccc2CN1. The first-order valence-electron chi connectivity index (χ1n) is 4.83. The van der Waals surface area contributed by atoms with Gasteiger partial charge in [0, 0.05) is 18.6 Å². The molecular formula is C11H16N2. The maximum absolute atomic E-state index is 5.86. The number of hydrogen-bond donors (Lipinski definition) is 2. The second-order valence-electron chi connectivity index (χ2n) is 3.82. The summed E-state index contributed by atoms with van der Waals surface area (Å²) >= 11 is 0. The van der Waals surface area contributed by atoms with Gasteiger partial charge in [0.25, 0.3) is 0 Å². The van der Waals surface area contributed by atoms with Crippen molar-refractivity contribution in [1.29, 1.82) is 0 Å². The van der Waals surface area contributed by atoms with Crippen LogP contribution in [0.1, 0.15) is 18.1 Å². The molecule has 1 aromatic rings. The van der Waals surface area contributed by atoms with E-state index >= 15 is 0 Å². The largest absolute Gasteiger partial charge is 0.327 e. The number of nitrogens with two attached hydrogens (primary N) is 1. The Hall–Kier alpha value is -0.860. The molecule has 0 aromatic heterocycles. The highest BCUT2D eigenvalue weighted by atomic mass is 15.0. The number of fused-ring (bicyclic) bond motifs is 1. The lowest BCUT2D eigenvalue weighted by atomic mass is 9.93. The van der Waals surface area contributed by atoms with Gasteiger partial charge in [0.1, 0.15) is 0 Å². The van der Waals surface area contributed by atoms with Crippen LogP contribution in [0.25, 0.3) is 0 Å². The van der Waals surface area contributed by atoms with Crippen molar-refractivity contribution in [2.75, 3.05) is 0 Å². The molecule has 0 spiro atoms. The summed E-state index contributed by atoms with van der Waals surface area (Å²) in [6.07, 6.45) is 1.06. The Kier molecular flexibility index (Phi) is 2.34. The lowest BCUT2D eigenvalue weighted by Crippen LogP contribution is -2.46. The van der Waals surface area contributed by atoms with Crippen LogP contribution in [0.2, 0.25) is 0 Å². The third-order valence-electron chi connectivity index (χ3n) is 2.75. The van der Waals surface area contributed by atoms with Crippen molar-refractivity contribution in [2.45, 2.75) is 32.0 Å². The van der Waals surface area contributed by atoms with Crippen molar-refractivity contribution in [3.63, 3.8) is 0 Å². The first-order valence-corrected chi connectivity index (χ1v) is 4.83. The second-order valence-corrected chi connectivity index (χ2v) is 3.82. The van der Waals surface area contributed by atoms with E-state index < -0.39 is 0 Å². The van der Waals surface area contributed by atoms with Gasteiger partial charge in [-0.1, -0.05) is 24.3 Å². The molecule has 1 aliphatic heterocycles. The molecule has 1 aliphatic rings. The van der Waals surface area contributed by atoms with Crippen molar-refractivity contribution >= 4 is 0 Å². The predicted octanol–water partition coefficient (Wildman–Crippen LogP) is 1.05. The topological polar surface area (TPSA) is 38.0 Å². The Labute approximate surface area is 79.1 Å². The minimum absolute atomic E-state index is 0.230. The highest BCUT2D eigenvalue weighted by molar-refractivity contribution is 5.30. The zero-order valence-corrected chi connectivity index (χ0v) is 7.96. The summed E-state index contributed by atoms with van der Waals surface area (Å²) in [6, 6.07) is 9.24. The third kappa shape index (κ3) is 1.74. The molecule has 2 heteroatoms. The van der Waals surface area contributed by atoms with E-state index in [-0.39, 0.29) is 6.04 Å². The zero-order valence-electron chi connectivity index (χ0n) is 7.96. The monoisotopic (exact) mass is 176 g/mol. The molecule has 0 amide bonds. The second kappa shape index (κ2) is 3.48. The number of benzene rings is 1. The highest BCUT2D eigenvalue weighted by Gasteiger charge is 2.19. The van der Waals surface area contributed by atoms with Crippen LogP contribution >= 0.6 is 0 Å². The molecule has 0 radical (unpaired) electrons. The molecule has 1 heterocycles. The molecule has 2 unspecified atom stereocenters. The molecule has 0 saturated heterocycles. The van der Waals surface area contributed by atoms with E-state index in [1.54, 1.807) is 0 Å². The van der Waals surface area contributed by atoms with Crippen molar-refractivity contribution in [3.05, 3.63) is 35.4 Å². The Balaban J connectivity index is 2.20. The molecule has 3 N–H and O–H groups in total. The van der Waals surface area contributed by atoms with Gasteiger partial charge in [-0.3, -0.25) is 0 Å². The van der Waals surface area contributed by atoms with Gasteiger partial charge in [0.05, 0.1) is 0 Å². The summed E-state index contributed by atoms with van der Waals surface area (Å²) in [6.45, 7) is 3.02. The maximum atomic E-state index is 5.86. The number of hydrogen-bond acceptors (Lipinski definition) is 2. The van der Waals surface area contributed by atoms with Gasteiger partial charge in [-0.15, -0.1) is 0 Å². The lowest BCUT2D eigenvalue weighted by Gasteiger charge is -2.28. The normalized spacial score (nSPS) is 23.7. The Morgan fingerprint density at radius 1 is 1.38 bits per heavy atom. The van der Waals surface area contributed by atoms with Crippen molar-refractivity contribution in [3.8, 4) is 0 Å². The molecule has 0 saturated carbocycles. The molecule has 1 aromatic carbocycles. The molecule has 0 aliphatic carbocycles. The number of nitrogens with one attached hydrogen (secondary N) is 1.